The molecule has 0 amide bonds. The summed E-state index contributed by atoms with van der Waals surface area (Å²) in [4.78, 5) is 0. The monoisotopic (exact) mass is 344 g/mol. The Balaban J connectivity index is 2.46. The molecule has 20 heavy (non-hydrogen) atoms. The topological polar surface area (TPSA) is 20.2 Å². The number of aliphatic hydroxyl groups is 1. The highest BCUT2D eigenvalue weighted by Crippen LogP contribution is 2.35. The Morgan fingerprint density at radius 2 is 1.45 bits per heavy atom. The molecule has 0 saturated heterocycles. The SMILES string of the molecule is CC(O)(c1ccc(Br)cc1)c1cccc(C(F)(F)F)c1. The Labute approximate surface area is 123 Å². The number of hydrogen-bond acceptors (Lipinski definition) is 1. The Morgan fingerprint density at radius 3 is 2.00 bits per heavy atom. The van der Waals surface area contributed by atoms with Crippen LogP contribution in [-0.2, 0) is 11.8 Å². The molecule has 0 aliphatic rings. The molecular formula is C15H12BrF3O. The number of rotatable bonds is 2. The molecule has 5 heteroatoms. The summed E-state index contributed by atoms with van der Waals surface area (Å²) >= 11 is 3.28. The Bertz CT molecular complexity index is 603. The summed E-state index contributed by atoms with van der Waals surface area (Å²) in [6, 6.07) is 11.6. The second-order valence-corrected chi connectivity index (χ2v) is 5.57. The van der Waals surface area contributed by atoms with Crippen LogP contribution in [0, 0.1) is 0 Å². The molecule has 0 heterocycles. The molecule has 1 unspecified atom stereocenters. The molecule has 1 atom stereocenters. The lowest BCUT2D eigenvalue weighted by atomic mass is 9.87. The molecule has 0 aliphatic carbocycles. The quantitative estimate of drug-likeness (QED) is 0.835. The van der Waals surface area contributed by atoms with Crippen molar-refractivity contribution in [2.24, 2.45) is 0 Å². The lowest BCUT2D eigenvalue weighted by Gasteiger charge is -2.25. The first-order chi connectivity index (χ1) is 9.21. The minimum Gasteiger partial charge on any atom is -0.381 e. The summed E-state index contributed by atoms with van der Waals surface area (Å²) in [5.41, 5.74) is -1.52. The molecule has 1 nitrogen and oxygen atoms in total. The fourth-order valence-corrected chi connectivity index (χ4v) is 2.20. The van der Waals surface area contributed by atoms with Gasteiger partial charge in [0, 0.05) is 4.47 Å². The molecular weight excluding hydrogens is 333 g/mol. The smallest absolute Gasteiger partial charge is 0.381 e. The number of alkyl halides is 3. The van der Waals surface area contributed by atoms with Crippen molar-refractivity contribution in [3.05, 3.63) is 69.7 Å². The first-order valence-corrected chi connectivity index (χ1v) is 6.67. The van der Waals surface area contributed by atoms with Gasteiger partial charge in [-0.3, -0.25) is 0 Å². The predicted molar refractivity (Wildman–Crippen MR) is 74.3 cm³/mol. The van der Waals surface area contributed by atoms with Crippen LogP contribution >= 0.6 is 15.9 Å². The van der Waals surface area contributed by atoms with Gasteiger partial charge in [0.2, 0.25) is 0 Å². The van der Waals surface area contributed by atoms with Gasteiger partial charge in [0.15, 0.2) is 0 Å². The maximum absolute atomic E-state index is 12.7. The van der Waals surface area contributed by atoms with Crippen LogP contribution < -0.4 is 0 Å². The summed E-state index contributed by atoms with van der Waals surface area (Å²) in [7, 11) is 0. The van der Waals surface area contributed by atoms with Crippen molar-refractivity contribution in [3.8, 4) is 0 Å². The number of hydrogen-bond donors (Lipinski definition) is 1. The second-order valence-electron chi connectivity index (χ2n) is 4.66. The van der Waals surface area contributed by atoms with E-state index >= 15 is 0 Å². The largest absolute Gasteiger partial charge is 0.416 e. The van der Waals surface area contributed by atoms with Gasteiger partial charge in [0.05, 0.1) is 5.56 Å². The molecule has 2 aromatic carbocycles. The van der Waals surface area contributed by atoms with E-state index in [1.807, 2.05) is 0 Å². The predicted octanol–water partition coefficient (Wildman–Crippen LogP) is 4.72. The van der Waals surface area contributed by atoms with Gasteiger partial charge in [-0.05, 0) is 42.3 Å². The van der Waals surface area contributed by atoms with Gasteiger partial charge in [0.25, 0.3) is 0 Å². The van der Waals surface area contributed by atoms with E-state index in [2.05, 4.69) is 15.9 Å². The molecule has 0 saturated carbocycles. The molecule has 0 aliphatic heterocycles. The summed E-state index contributed by atoms with van der Waals surface area (Å²) in [5, 5.41) is 10.6. The standard InChI is InChI=1S/C15H12BrF3O/c1-14(20,10-5-7-13(16)8-6-10)11-3-2-4-12(9-11)15(17,18)19/h2-9,20H,1H3. The summed E-state index contributed by atoms with van der Waals surface area (Å²) in [6.07, 6.45) is -4.42. The van der Waals surface area contributed by atoms with Gasteiger partial charge in [-0.1, -0.05) is 40.2 Å². The van der Waals surface area contributed by atoms with Crippen molar-refractivity contribution >= 4 is 15.9 Å². The highest BCUT2D eigenvalue weighted by molar-refractivity contribution is 9.10. The lowest BCUT2D eigenvalue weighted by molar-refractivity contribution is -0.137. The van der Waals surface area contributed by atoms with Gasteiger partial charge < -0.3 is 5.11 Å². The molecule has 2 aromatic rings. The zero-order valence-electron chi connectivity index (χ0n) is 10.6. The Hall–Kier alpha value is -1.33. The van der Waals surface area contributed by atoms with E-state index in [4.69, 9.17) is 0 Å². The van der Waals surface area contributed by atoms with E-state index in [1.165, 1.54) is 19.1 Å². The van der Waals surface area contributed by atoms with Gasteiger partial charge in [0.1, 0.15) is 5.60 Å². The highest BCUT2D eigenvalue weighted by atomic mass is 79.9. The second kappa shape index (κ2) is 5.22. The first-order valence-electron chi connectivity index (χ1n) is 5.87. The van der Waals surface area contributed by atoms with Gasteiger partial charge >= 0.3 is 6.18 Å². The number of halogens is 4. The molecule has 0 radical (unpaired) electrons. The third-order valence-electron chi connectivity index (χ3n) is 3.16. The average molecular weight is 345 g/mol. The van der Waals surface area contributed by atoms with E-state index < -0.39 is 17.3 Å². The van der Waals surface area contributed by atoms with Crippen LogP contribution in [0.4, 0.5) is 13.2 Å². The zero-order chi connectivity index (χ0) is 15.0. The summed E-state index contributed by atoms with van der Waals surface area (Å²) < 4.78 is 39.0. The van der Waals surface area contributed by atoms with E-state index in [-0.39, 0.29) is 5.56 Å². The van der Waals surface area contributed by atoms with Crippen LogP contribution in [-0.4, -0.2) is 5.11 Å². The van der Waals surface area contributed by atoms with Gasteiger partial charge in [-0.25, -0.2) is 0 Å². The van der Waals surface area contributed by atoms with Crippen LogP contribution in [0.1, 0.15) is 23.6 Å². The lowest BCUT2D eigenvalue weighted by Crippen LogP contribution is -2.23. The van der Waals surface area contributed by atoms with Crippen molar-refractivity contribution in [2.75, 3.05) is 0 Å². The summed E-state index contributed by atoms with van der Waals surface area (Å²) in [5.74, 6) is 0. The summed E-state index contributed by atoms with van der Waals surface area (Å²) in [6.45, 7) is 1.48. The van der Waals surface area contributed by atoms with Crippen LogP contribution in [0.25, 0.3) is 0 Å². The van der Waals surface area contributed by atoms with E-state index in [0.29, 0.717) is 5.56 Å². The molecule has 0 fully saturated rings. The van der Waals surface area contributed by atoms with Crippen molar-refractivity contribution in [2.45, 2.75) is 18.7 Å². The van der Waals surface area contributed by atoms with Gasteiger partial charge in [-0.2, -0.15) is 13.2 Å². The Morgan fingerprint density at radius 1 is 0.900 bits per heavy atom. The molecule has 106 valence electrons. The zero-order valence-corrected chi connectivity index (χ0v) is 12.2. The molecule has 0 bridgehead atoms. The maximum Gasteiger partial charge on any atom is 0.416 e. The van der Waals surface area contributed by atoms with Crippen LogP contribution in [0.2, 0.25) is 0 Å². The van der Waals surface area contributed by atoms with Gasteiger partial charge in [-0.15, -0.1) is 0 Å². The van der Waals surface area contributed by atoms with Crippen molar-refractivity contribution in [3.63, 3.8) is 0 Å². The van der Waals surface area contributed by atoms with E-state index in [9.17, 15) is 18.3 Å². The van der Waals surface area contributed by atoms with E-state index in [0.717, 1.165) is 16.6 Å². The van der Waals surface area contributed by atoms with Crippen molar-refractivity contribution in [1.82, 2.24) is 0 Å². The Kier molecular flexibility index (Phi) is 3.93. The molecule has 2 rings (SSSR count). The third-order valence-corrected chi connectivity index (χ3v) is 3.69. The first kappa shape index (κ1) is 15.1. The maximum atomic E-state index is 12.7. The van der Waals surface area contributed by atoms with E-state index in [1.54, 1.807) is 24.3 Å². The average Bonchev–Trinajstić information content (AvgIpc) is 2.38. The van der Waals surface area contributed by atoms with Crippen LogP contribution in [0.3, 0.4) is 0 Å². The minimum absolute atomic E-state index is 0.203. The highest BCUT2D eigenvalue weighted by Gasteiger charge is 2.33. The normalized spacial score (nSPS) is 14.9. The third kappa shape index (κ3) is 3.04. The fraction of sp³-hybridized carbons (Fsp3) is 0.200. The molecule has 0 aromatic heterocycles. The molecule has 0 spiro atoms. The fourth-order valence-electron chi connectivity index (χ4n) is 1.94. The van der Waals surface area contributed by atoms with Crippen molar-refractivity contribution < 1.29 is 18.3 Å². The molecule has 1 N–H and O–H groups in total. The van der Waals surface area contributed by atoms with Crippen LogP contribution in [0.5, 0.6) is 0 Å². The number of benzene rings is 2. The van der Waals surface area contributed by atoms with Crippen molar-refractivity contribution in [1.29, 1.82) is 0 Å². The van der Waals surface area contributed by atoms with Crippen LogP contribution in [0.15, 0.2) is 53.0 Å². The minimum atomic E-state index is -4.42.